The lowest BCUT2D eigenvalue weighted by molar-refractivity contribution is 0.358. The van der Waals surface area contributed by atoms with E-state index in [1.165, 1.54) is 5.56 Å². The van der Waals surface area contributed by atoms with Gasteiger partial charge in [0, 0.05) is 31.1 Å². The first kappa shape index (κ1) is 20.3. The largest absolute Gasteiger partial charge is 0.489 e. The third kappa shape index (κ3) is 5.49. The van der Waals surface area contributed by atoms with Crippen LogP contribution in [0.5, 0.6) is 5.75 Å². The number of aliphatic imine (C=N–C) groups is 1. The Morgan fingerprint density at radius 2 is 1.92 bits per heavy atom. The SMILES string of the molecule is C=CCOc1ccccc1CNC(=NC)NC1CC1c1ccccc1.I. The number of hydrogen-bond donors (Lipinski definition) is 2. The standard InChI is InChI=1S/C21H25N3O.HI/c1-3-13-25-20-12-8-7-11-17(20)15-23-21(22-2)24-19-14-18(19)16-9-5-4-6-10-16;/h3-12,18-19H,1,13-15H2,2H3,(H2,22,23,24);1H. The van der Waals surface area contributed by atoms with Gasteiger partial charge in [0.15, 0.2) is 5.96 Å². The molecule has 138 valence electrons. The number of nitrogens with zero attached hydrogens (tertiary/aromatic N) is 1. The van der Waals surface area contributed by atoms with Crippen molar-refractivity contribution in [1.82, 2.24) is 10.6 Å². The fraction of sp³-hybridized carbons (Fsp3) is 0.286. The first-order chi connectivity index (χ1) is 12.3. The van der Waals surface area contributed by atoms with Crippen LogP contribution in [0.2, 0.25) is 0 Å². The van der Waals surface area contributed by atoms with E-state index in [0.29, 0.717) is 25.1 Å². The second-order valence-corrected chi connectivity index (χ2v) is 6.14. The van der Waals surface area contributed by atoms with Crippen molar-refractivity contribution in [2.75, 3.05) is 13.7 Å². The number of halogens is 1. The lowest BCUT2D eigenvalue weighted by atomic mass is 10.1. The van der Waals surface area contributed by atoms with Crippen LogP contribution in [0.25, 0.3) is 0 Å². The molecule has 1 fully saturated rings. The Kier molecular flexibility index (Phi) is 7.97. The molecular formula is C21H26IN3O. The number of guanidine groups is 1. The van der Waals surface area contributed by atoms with Crippen molar-refractivity contribution in [3.8, 4) is 5.75 Å². The molecule has 0 spiro atoms. The molecule has 3 rings (SSSR count). The maximum absolute atomic E-state index is 5.70. The van der Waals surface area contributed by atoms with Gasteiger partial charge in [0.2, 0.25) is 0 Å². The number of nitrogens with one attached hydrogen (secondary N) is 2. The lowest BCUT2D eigenvalue weighted by Gasteiger charge is -2.14. The van der Waals surface area contributed by atoms with Gasteiger partial charge in [-0.15, -0.1) is 24.0 Å². The maximum atomic E-state index is 5.70. The van der Waals surface area contributed by atoms with Crippen LogP contribution in [-0.2, 0) is 6.54 Å². The molecule has 0 amide bonds. The van der Waals surface area contributed by atoms with Crippen LogP contribution >= 0.6 is 24.0 Å². The Labute approximate surface area is 172 Å². The summed E-state index contributed by atoms with van der Waals surface area (Å²) in [5.74, 6) is 2.27. The monoisotopic (exact) mass is 463 g/mol. The summed E-state index contributed by atoms with van der Waals surface area (Å²) in [6, 6.07) is 19.1. The molecule has 4 nitrogen and oxygen atoms in total. The Hall–Kier alpha value is -2.02. The molecule has 2 unspecified atom stereocenters. The summed E-state index contributed by atoms with van der Waals surface area (Å²) in [5.41, 5.74) is 2.49. The number of para-hydroxylation sites is 1. The molecule has 1 aliphatic rings. The predicted molar refractivity (Wildman–Crippen MR) is 118 cm³/mol. The first-order valence-electron chi connectivity index (χ1n) is 8.65. The van der Waals surface area contributed by atoms with Gasteiger partial charge < -0.3 is 15.4 Å². The molecular weight excluding hydrogens is 437 g/mol. The van der Waals surface area contributed by atoms with E-state index in [9.17, 15) is 0 Å². The first-order valence-corrected chi connectivity index (χ1v) is 8.65. The van der Waals surface area contributed by atoms with E-state index in [-0.39, 0.29) is 24.0 Å². The van der Waals surface area contributed by atoms with Gasteiger partial charge in [0.25, 0.3) is 0 Å². The molecule has 1 saturated carbocycles. The Morgan fingerprint density at radius 3 is 2.65 bits per heavy atom. The second kappa shape index (κ2) is 10.2. The minimum atomic E-state index is 0. The van der Waals surface area contributed by atoms with Crippen molar-refractivity contribution in [2.45, 2.75) is 24.9 Å². The van der Waals surface area contributed by atoms with Gasteiger partial charge in [-0.05, 0) is 18.1 Å². The summed E-state index contributed by atoms with van der Waals surface area (Å²) in [6.45, 7) is 4.86. The summed E-state index contributed by atoms with van der Waals surface area (Å²) < 4.78 is 5.70. The highest BCUT2D eigenvalue weighted by atomic mass is 127. The van der Waals surface area contributed by atoms with Gasteiger partial charge in [0.05, 0.1) is 0 Å². The molecule has 2 atom stereocenters. The average Bonchev–Trinajstić information content (AvgIpc) is 3.44. The summed E-state index contributed by atoms with van der Waals surface area (Å²) in [7, 11) is 1.80. The molecule has 5 heteroatoms. The van der Waals surface area contributed by atoms with Crippen LogP contribution in [0, 0.1) is 0 Å². The van der Waals surface area contributed by atoms with E-state index < -0.39 is 0 Å². The lowest BCUT2D eigenvalue weighted by Crippen LogP contribution is -2.38. The number of hydrogen-bond acceptors (Lipinski definition) is 2. The quantitative estimate of drug-likeness (QED) is 0.282. The van der Waals surface area contributed by atoms with Gasteiger partial charge in [0.1, 0.15) is 12.4 Å². The number of ether oxygens (including phenoxy) is 1. The van der Waals surface area contributed by atoms with Gasteiger partial charge >= 0.3 is 0 Å². The molecule has 0 radical (unpaired) electrons. The number of rotatable bonds is 7. The van der Waals surface area contributed by atoms with Crippen LogP contribution in [-0.4, -0.2) is 25.7 Å². The molecule has 2 aromatic carbocycles. The normalized spacial score (nSPS) is 18.4. The average molecular weight is 463 g/mol. The fourth-order valence-electron chi connectivity index (χ4n) is 2.91. The molecule has 0 heterocycles. The molecule has 0 saturated heterocycles. The Balaban J connectivity index is 0.00000243. The van der Waals surface area contributed by atoms with Crippen molar-refractivity contribution in [2.24, 2.45) is 4.99 Å². The van der Waals surface area contributed by atoms with Crippen LogP contribution in [0.4, 0.5) is 0 Å². The zero-order valence-electron chi connectivity index (χ0n) is 15.0. The minimum Gasteiger partial charge on any atom is -0.489 e. The van der Waals surface area contributed by atoms with E-state index >= 15 is 0 Å². The van der Waals surface area contributed by atoms with Gasteiger partial charge in [-0.2, -0.15) is 0 Å². The van der Waals surface area contributed by atoms with E-state index in [1.54, 1.807) is 13.1 Å². The molecule has 1 aliphatic carbocycles. The summed E-state index contributed by atoms with van der Waals surface area (Å²) >= 11 is 0. The molecule has 26 heavy (non-hydrogen) atoms. The third-order valence-corrected chi connectivity index (χ3v) is 4.34. The minimum absolute atomic E-state index is 0. The van der Waals surface area contributed by atoms with Gasteiger partial charge in [-0.3, -0.25) is 4.99 Å². The zero-order chi connectivity index (χ0) is 17.5. The highest BCUT2D eigenvalue weighted by Crippen LogP contribution is 2.40. The highest BCUT2D eigenvalue weighted by molar-refractivity contribution is 14.0. The van der Waals surface area contributed by atoms with Crippen molar-refractivity contribution in [3.63, 3.8) is 0 Å². The zero-order valence-corrected chi connectivity index (χ0v) is 17.4. The van der Waals surface area contributed by atoms with Crippen molar-refractivity contribution in [3.05, 3.63) is 78.4 Å². The summed E-state index contributed by atoms with van der Waals surface area (Å²) in [4.78, 5) is 4.34. The van der Waals surface area contributed by atoms with Gasteiger partial charge in [-0.25, -0.2) is 0 Å². The van der Waals surface area contributed by atoms with E-state index in [4.69, 9.17) is 4.74 Å². The van der Waals surface area contributed by atoms with Crippen molar-refractivity contribution in [1.29, 1.82) is 0 Å². The number of benzene rings is 2. The Morgan fingerprint density at radius 1 is 1.19 bits per heavy atom. The molecule has 0 aliphatic heterocycles. The summed E-state index contributed by atoms with van der Waals surface area (Å²) in [6.07, 6.45) is 2.89. The summed E-state index contributed by atoms with van der Waals surface area (Å²) in [5, 5.41) is 6.88. The van der Waals surface area contributed by atoms with E-state index in [1.807, 2.05) is 18.2 Å². The maximum Gasteiger partial charge on any atom is 0.191 e. The van der Waals surface area contributed by atoms with Crippen molar-refractivity contribution < 1.29 is 4.74 Å². The van der Waals surface area contributed by atoms with Gasteiger partial charge in [-0.1, -0.05) is 61.2 Å². The third-order valence-electron chi connectivity index (χ3n) is 4.34. The van der Waals surface area contributed by atoms with Crippen LogP contribution < -0.4 is 15.4 Å². The molecule has 2 aromatic rings. The highest BCUT2D eigenvalue weighted by Gasteiger charge is 2.38. The topological polar surface area (TPSA) is 45.6 Å². The second-order valence-electron chi connectivity index (χ2n) is 6.14. The van der Waals surface area contributed by atoms with Crippen LogP contribution in [0.1, 0.15) is 23.5 Å². The predicted octanol–water partition coefficient (Wildman–Crippen LogP) is 4.09. The molecule has 0 aromatic heterocycles. The van der Waals surface area contributed by atoms with E-state index in [2.05, 4.69) is 58.6 Å². The molecule has 0 bridgehead atoms. The molecule has 2 N–H and O–H groups in total. The Bertz CT molecular complexity index is 733. The fourth-order valence-corrected chi connectivity index (χ4v) is 2.91. The van der Waals surface area contributed by atoms with Crippen molar-refractivity contribution >= 4 is 29.9 Å². The smallest absolute Gasteiger partial charge is 0.191 e. The van der Waals surface area contributed by atoms with Crippen LogP contribution in [0.3, 0.4) is 0 Å². The van der Waals surface area contributed by atoms with E-state index in [0.717, 1.165) is 23.7 Å². The van der Waals surface area contributed by atoms with Crippen LogP contribution in [0.15, 0.2) is 72.2 Å².